The number of para-hydroxylation sites is 1. The number of imide groups is 1. The molecule has 2 aliphatic carbocycles. The van der Waals surface area contributed by atoms with E-state index in [0.717, 1.165) is 13.3 Å². The van der Waals surface area contributed by atoms with Crippen LogP contribution in [-0.2, 0) is 48.5 Å². The van der Waals surface area contributed by atoms with Crippen LogP contribution in [0.2, 0.25) is 0 Å². The molecule has 1 aromatic carbocycles. The Bertz CT molecular complexity index is 1640. The molecule has 3 aliphatic rings. The molecule has 48 heavy (non-hydrogen) atoms. The molecule has 2 bridgehead atoms. The number of hydrogen-bond donors (Lipinski definition) is 3. The molecule has 18 heteroatoms. The van der Waals surface area contributed by atoms with Gasteiger partial charge >= 0.3 is 5.97 Å². The van der Waals surface area contributed by atoms with E-state index >= 15 is 0 Å². The largest absolute Gasteiger partial charge is 0.461 e. The summed E-state index contributed by atoms with van der Waals surface area (Å²) in [4.78, 5) is 89.3. The fraction of sp³-hybridized carbons (Fsp3) is 0.467. The number of benzene rings is 1. The first-order chi connectivity index (χ1) is 23.0. The lowest BCUT2D eigenvalue weighted by atomic mass is 9.85. The third-order valence-corrected chi connectivity index (χ3v) is 8.57. The Balaban J connectivity index is 1.24. The normalized spacial score (nSPS) is 20.5. The van der Waals surface area contributed by atoms with Gasteiger partial charge in [-0.3, -0.25) is 43.8 Å². The molecular formula is C30H34N8O10. The third kappa shape index (κ3) is 7.22. The summed E-state index contributed by atoms with van der Waals surface area (Å²) in [5.41, 5.74) is -0.499. The van der Waals surface area contributed by atoms with Gasteiger partial charge in [0.25, 0.3) is 11.6 Å². The molecular weight excluding hydrogens is 632 g/mol. The van der Waals surface area contributed by atoms with E-state index in [1.54, 1.807) is 0 Å². The van der Waals surface area contributed by atoms with Crippen molar-refractivity contribution in [2.75, 3.05) is 26.2 Å². The van der Waals surface area contributed by atoms with Crippen LogP contribution in [0.3, 0.4) is 0 Å². The summed E-state index contributed by atoms with van der Waals surface area (Å²) in [6.45, 7) is -0.158. The quantitative estimate of drug-likeness (QED) is 0.0533. The van der Waals surface area contributed by atoms with E-state index in [1.165, 1.54) is 38.9 Å². The number of likely N-dealkylation sites (tertiary alicyclic amines) is 1. The Morgan fingerprint density at radius 3 is 2.48 bits per heavy atom. The number of amides is 5. The molecule has 5 rings (SSSR count). The Morgan fingerprint density at radius 2 is 1.83 bits per heavy atom. The van der Waals surface area contributed by atoms with Crippen LogP contribution < -0.4 is 10.6 Å². The number of nitro benzene ring substituents is 1. The van der Waals surface area contributed by atoms with Gasteiger partial charge in [-0.25, -0.2) is 4.68 Å². The molecule has 1 saturated carbocycles. The maximum atomic E-state index is 13.2. The second-order valence-corrected chi connectivity index (χ2v) is 11.7. The minimum Gasteiger partial charge on any atom is -0.461 e. The fourth-order valence-electron chi connectivity index (χ4n) is 6.42. The van der Waals surface area contributed by atoms with E-state index in [0.29, 0.717) is 0 Å². The van der Waals surface area contributed by atoms with Gasteiger partial charge in [-0.1, -0.05) is 23.4 Å². The van der Waals surface area contributed by atoms with E-state index in [4.69, 9.17) is 9.84 Å². The number of hydrogen-bond acceptors (Lipinski definition) is 12. The number of nitrogens with zero attached hydrogens (tertiary/aromatic N) is 6. The van der Waals surface area contributed by atoms with E-state index in [-0.39, 0.29) is 79.9 Å². The zero-order valence-corrected chi connectivity index (χ0v) is 25.9. The van der Waals surface area contributed by atoms with Crippen molar-refractivity contribution in [2.45, 2.75) is 39.6 Å². The van der Waals surface area contributed by atoms with E-state index in [9.17, 15) is 38.9 Å². The Labute approximate surface area is 273 Å². The minimum atomic E-state index is -0.803. The molecule has 0 spiro atoms. The first-order valence-electron chi connectivity index (χ1n) is 15.2. The molecule has 4 unspecified atom stereocenters. The highest BCUT2D eigenvalue weighted by atomic mass is 16.6. The average molecular weight is 667 g/mol. The maximum absolute atomic E-state index is 13.2. The zero-order valence-electron chi connectivity index (χ0n) is 25.9. The first kappa shape index (κ1) is 33.8. The molecule has 1 saturated heterocycles. The predicted molar refractivity (Wildman–Crippen MR) is 161 cm³/mol. The number of allylic oxidation sites excluding steroid dienone is 2. The van der Waals surface area contributed by atoms with Gasteiger partial charge in [0.1, 0.15) is 31.0 Å². The summed E-state index contributed by atoms with van der Waals surface area (Å²) in [6, 6.07) is 4.04. The number of rotatable bonds is 15. The fourth-order valence-corrected chi connectivity index (χ4v) is 6.42. The standard InChI is InChI=1S/C30H34N8O10/c1-17(40)48-15-20-3-2-4-22(27(20)38(46)47)28(43)32-16-36-14-21(33-34-36)13-35(24(42)12-23(41)31-7-10-39)8-9-37-29(44)25-18-5-6-19(11-18)26(25)30(37)45/h2-6,14,18-19,25-26,39H,7-13,15-16H2,1H3,(H,31,41)(H,32,43). The van der Waals surface area contributed by atoms with Crippen LogP contribution >= 0.6 is 0 Å². The maximum Gasteiger partial charge on any atom is 0.302 e. The number of aromatic nitrogens is 3. The topological polar surface area (TPSA) is 236 Å². The number of carbonyl (C=O) groups excluding carboxylic acids is 6. The van der Waals surface area contributed by atoms with Gasteiger partial charge in [-0.05, 0) is 30.4 Å². The van der Waals surface area contributed by atoms with E-state index in [1.807, 2.05) is 12.2 Å². The van der Waals surface area contributed by atoms with Crippen LogP contribution in [-0.4, -0.2) is 96.6 Å². The number of nitro groups is 1. The van der Waals surface area contributed by atoms with Crippen molar-refractivity contribution in [1.82, 2.24) is 35.4 Å². The van der Waals surface area contributed by atoms with Crippen molar-refractivity contribution < 1.29 is 43.5 Å². The lowest BCUT2D eigenvalue weighted by molar-refractivity contribution is -0.386. The smallest absolute Gasteiger partial charge is 0.302 e. The molecule has 2 aromatic rings. The second kappa shape index (κ2) is 14.5. The van der Waals surface area contributed by atoms with Crippen LogP contribution in [0, 0.1) is 33.8 Å². The minimum absolute atomic E-state index is 0.0285. The highest BCUT2D eigenvalue weighted by Crippen LogP contribution is 2.52. The summed E-state index contributed by atoms with van der Waals surface area (Å²) in [5.74, 6) is -3.96. The van der Waals surface area contributed by atoms with Crippen molar-refractivity contribution in [3.8, 4) is 0 Å². The predicted octanol–water partition coefficient (Wildman–Crippen LogP) is -0.729. The summed E-state index contributed by atoms with van der Waals surface area (Å²) in [7, 11) is 0. The van der Waals surface area contributed by atoms with Gasteiger partial charge in [0, 0.05) is 26.6 Å². The van der Waals surface area contributed by atoms with Crippen LogP contribution in [0.1, 0.15) is 41.4 Å². The van der Waals surface area contributed by atoms with Crippen molar-refractivity contribution in [1.29, 1.82) is 0 Å². The molecule has 2 heterocycles. The van der Waals surface area contributed by atoms with E-state index < -0.39 is 59.2 Å². The number of aliphatic hydroxyl groups excluding tert-OH is 1. The molecule has 2 fully saturated rings. The van der Waals surface area contributed by atoms with Gasteiger partial charge in [-0.2, -0.15) is 0 Å². The third-order valence-electron chi connectivity index (χ3n) is 8.57. The number of aliphatic hydroxyl groups is 1. The molecule has 254 valence electrons. The number of fused-ring (bicyclic) bond motifs is 5. The van der Waals surface area contributed by atoms with Crippen molar-refractivity contribution in [3.63, 3.8) is 0 Å². The van der Waals surface area contributed by atoms with Crippen molar-refractivity contribution in [3.05, 3.63) is 63.5 Å². The van der Waals surface area contributed by atoms with Crippen molar-refractivity contribution >= 4 is 41.2 Å². The lowest BCUT2D eigenvalue weighted by Crippen LogP contribution is -2.43. The molecule has 1 aromatic heterocycles. The average Bonchev–Trinajstić information content (AvgIpc) is 3.84. The van der Waals surface area contributed by atoms with Crippen LogP contribution in [0.15, 0.2) is 36.5 Å². The highest BCUT2D eigenvalue weighted by molar-refractivity contribution is 6.06. The second-order valence-electron chi connectivity index (χ2n) is 11.7. The highest BCUT2D eigenvalue weighted by Gasteiger charge is 2.59. The van der Waals surface area contributed by atoms with Crippen LogP contribution in [0.5, 0.6) is 0 Å². The molecule has 18 nitrogen and oxygen atoms in total. The Morgan fingerprint density at radius 1 is 1.12 bits per heavy atom. The first-order valence-corrected chi connectivity index (χ1v) is 15.2. The molecule has 4 atom stereocenters. The number of ether oxygens (including phenoxy) is 1. The van der Waals surface area contributed by atoms with Crippen molar-refractivity contribution in [2.24, 2.45) is 23.7 Å². The monoisotopic (exact) mass is 666 g/mol. The number of nitrogens with one attached hydrogen (secondary N) is 2. The van der Waals surface area contributed by atoms with Gasteiger partial charge in [0.15, 0.2) is 0 Å². The Hall–Kier alpha value is -5.52. The molecule has 0 radical (unpaired) electrons. The molecule has 3 N–H and O–H groups in total. The van der Waals surface area contributed by atoms with Crippen LogP contribution in [0.4, 0.5) is 5.69 Å². The van der Waals surface area contributed by atoms with Gasteiger partial charge < -0.3 is 25.4 Å². The SMILES string of the molecule is CC(=O)OCc1cccc(C(=O)NCn2cc(CN(CCN3C(=O)C4C5C=CC(C5)C4C3=O)C(=O)CC(=O)NCCO)nn2)c1[N+](=O)[O-]. The van der Waals surface area contributed by atoms with Gasteiger partial charge in [0.05, 0.1) is 41.7 Å². The molecule has 5 amide bonds. The van der Waals surface area contributed by atoms with Crippen LogP contribution in [0.25, 0.3) is 0 Å². The summed E-state index contributed by atoms with van der Waals surface area (Å²) in [6.07, 6.45) is 5.61. The number of esters is 1. The number of carbonyl (C=O) groups is 6. The summed E-state index contributed by atoms with van der Waals surface area (Å²) < 4.78 is 6.08. The lowest BCUT2D eigenvalue weighted by Gasteiger charge is -2.25. The Kier molecular flexibility index (Phi) is 10.2. The van der Waals surface area contributed by atoms with Gasteiger partial charge in [-0.15, -0.1) is 5.10 Å². The summed E-state index contributed by atoms with van der Waals surface area (Å²) >= 11 is 0. The summed E-state index contributed by atoms with van der Waals surface area (Å²) in [5, 5.41) is 33.6. The van der Waals surface area contributed by atoms with Gasteiger partial charge in [0.2, 0.25) is 23.6 Å². The van der Waals surface area contributed by atoms with E-state index in [2.05, 4.69) is 20.9 Å². The zero-order chi connectivity index (χ0) is 34.5. The molecule has 1 aliphatic heterocycles.